The van der Waals surface area contributed by atoms with E-state index < -0.39 is 0 Å². The standard InChI is InChI=1S/C24H31NOS.ClH/c1-17(2)27-23-15-11-21(12-16-23)24(26)18(3)25-22-13-9-20(10-14-22)19-7-5-4-6-8-19;/h9-19,25H,4-8H2,1-3H3;1H. The van der Waals surface area contributed by atoms with Gasteiger partial charge in [0, 0.05) is 21.4 Å². The van der Waals surface area contributed by atoms with Crippen LogP contribution in [0, 0.1) is 0 Å². The maximum absolute atomic E-state index is 12.7. The van der Waals surface area contributed by atoms with Gasteiger partial charge < -0.3 is 5.32 Å². The average molecular weight is 418 g/mol. The fourth-order valence-corrected chi connectivity index (χ4v) is 4.66. The van der Waals surface area contributed by atoms with Crippen LogP contribution < -0.4 is 5.32 Å². The van der Waals surface area contributed by atoms with Crippen molar-refractivity contribution in [2.45, 2.75) is 75.0 Å². The summed E-state index contributed by atoms with van der Waals surface area (Å²) >= 11 is 1.82. The van der Waals surface area contributed by atoms with Crippen molar-refractivity contribution in [2.24, 2.45) is 0 Å². The van der Waals surface area contributed by atoms with Gasteiger partial charge in [0.05, 0.1) is 6.04 Å². The smallest absolute Gasteiger partial charge is 0.184 e. The molecule has 4 heteroatoms. The summed E-state index contributed by atoms with van der Waals surface area (Å²) in [6.45, 7) is 6.29. The van der Waals surface area contributed by atoms with Gasteiger partial charge in [-0.15, -0.1) is 24.2 Å². The number of ketones is 1. The van der Waals surface area contributed by atoms with E-state index in [1.807, 2.05) is 43.0 Å². The van der Waals surface area contributed by atoms with Crippen LogP contribution in [0.5, 0.6) is 0 Å². The predicted molar refractivity (Wildman–Crippen MR) is 124 cm³/mol. The van der Waals surface area contributed by atoms with Gasteiger partial charge in [0.15, 0.2) is 5.78 Å². The Hall–Kier alpha value is -1.45. The van der Waals surface area contributed by atoms with E-state index in [-0.39, 0.29) is 24.2 Å². The molecule has 1 aliphatic rings. The third kappa shape index (κ3) is 6.28. The number of halogens is 1. The number of hydrogen-bond donors (Lipinski definition) is 1. The van der Waals surface area contributed by atoms with Crippen molar-refractivity contribution in [3.05, 3.63) is 59.7 Å². The molecule has 0 aromatic heterocycles. The van der Waals surface area contributed by atoms with Gasteiger partial charge in [-0.3, -0.25) is 4.79 Å². The lowest BCUT2D eigenvalue weighted by Gasteiger charge is -2.22. The third-order valence-corrected chi connectivity index (χ3v) is 6.29. The Bertz CT molecular complexity index is 736. The molecule has 1 aliphatic carbocycles. The summed E-state index contributed by atoms with van der Waals surface area (Å²) in [6.07, 6.45) is 6.71. The second-order valence-electron chi connectivity index (χ2n) is 7.88. The molecule has 0 amide bonds. The van der Waals surface area contributed by atoms with Crippen molar-refractivity contribution in [3.8, 4) is 0 Å². The highest BCUT2D eigenvalue weighted by atomic mass is 35.5. The highest BCUT2D eigenvalue weighted by molar-refractivity contribution is 7.99. The molecule has 1 unspecified atom stereocenters. The number of carbonyl (C=O) groups is 1. The monoisotopic (exact) mass is 417 g/mol. The van der Waals surface area contributed by atoms with Crippen LogP contribution in [0.15, 0.2) is 53.4 Å². The van der Waals surface area contributed by atoms with Crippen LogP contribution >= 0.6 is 24.2 Å². The van der Waals surface area contributed by atoms with Crippen LogP contribution in [-0.2, 0) is 0 Å². The van der Waals surface area contributed by atoms with Crippen molar-refractivity contribution in [2.75, 3.05) is 5.32 Å². The van der Waals surface area contributed by atoms with E-state index in [0.717, 1.165) is 11.3 Å². The molecule has 1 fully saturated rings. The highest BCUT2D eigenvalue weighted by Gasteiger charge is 2.17. The van der Waals surface area contributed by atoms with Gasteiger partial charge in [-0.2, -0.15) is 0 Å². The zero-order valence-electron chi connectivity index (χ0n) is 17.1. The van der Waals surface area contributed by atoms with E-state index in [1.54, 1.807) is 0 Å². The lowest BCUT2D eigenvalue weighted by molar-refractivity contribution is 0.0975. The normalized spacial score (nSPS) is 15.7. The van der Waals surface area contributed by atoms with Crippen LogP contribution in [0.25, 0.3) is 0 Å². The van der Waals surface area contributed by atoms with E-state index >= 15 is 0 Å². The average Bonchev–Trinajstić information content (AvgIpc) is 2.69. The Morgan fingerprint density at radius 2 is 1.54 bits per heavy atom. The third-order valence-electron chi connectivity index (χ3n) is 5.27. The highest BCUT2D eigenvalue weighted by Crippen LogP contribution is 2.33. The lowest BCUT2D eigenvalue weighted by Crippen LogP contribution is -2.26. The number of anilines is 1. The predicted octanol–water partition coefficient (Wildman–Crippen LogP) is 7.34. The number of hydrogen-bond acceptors (Lipinski definition) is 3. The summed E-state index contributed by atoms with van der Waals surface area (Å²) in [6, 6.07) is 16.4. The van der Waals surface area contributed by atoms with Crippen LogP contribution in [0.3, 0.4) is 0 Å². The number of thioether (sulfide) groups is 1. The summed E-state index contributed by atoms with van der Waals surface area (Å²) < 4.78 is 0. The quantitative estimate of drug-likeness (QED) is 0.377. The number of nitrogens with one attached hydrogen (secondary N) is 1. The molecule has 1 saturated carbocycles. The van der Waals surface area contributed by atoms with E-state index in [0.29, 0.717) is 11.2 Å². The van der Waals surface area contributed by atoms with Gasteiger partial charge >= 0.3 is 0 Å². The molecule has 0 radical (unpaired) electrons. The Morgan fingerprint density at radius 1 is 0.929 bits per heavy atom. The molecular weight excluding hydrogens is 386 g/mol. The molecule has 0 spiro atoms. The minimum absolute atomic E-state index is 0. The molecule has 152 valence electrons. The topological polar surface area (TPSA) is 29.1 Å². The van der Waals surface area contributed by atoms with E-state index in [4.69, 9.17) is 0 Å². The molecule has 3 rings (SSSR count). The zero-order chi connectivity index (χ0) is 19.2. The van der Waals surface area contributed by atoms with Gasteiger partial charge in [0.2, 0.25) is 0 Å². The Kier molecular flexibility index (Phi) is 8.91. The number of carbonyl (C=O) groups excluding carboxylic acids is 1. The van der Waals surface area contributed by atoms with Crippen LogP contribution in [0.2, 0.25) is 0 Å². The molecular formula is C24H32ClNOS. The lowest BCUT2D eigenvalue weighted by atomic mass is 9.84. The van der Waals surface area contributed by atoms with Gasteiger partial charge in [-0.1, -0.05) is 57.4 Å². The number of rotatable bonds is 7. The minimum atomic E-state index is -0.242. The molecule has 0 bridgehead atoms. The molecule has 2 nitrogen and oxygen atoms in total. The van der Waals surface area contributed by atoms with Crippen molar-refractivity contribution in [1.82, 2.24) is 0 Å². The maximum Gasteiger partial charge on any atom is 0.184 e. The first-order valence-electron chi connectivity index (χ1n) is 10.2. The molecule has 2 aromatic carbocycles. The van der Waals surface area contributed by atoms with Crippen molar-refractivity contribution in [3.63, 3.8) is 0 Å². The number of benzene rings is 2. The first-order valence-corrected chi connectivity index (χ1v) is 11.1. The van der Waals surface area contributed by atoms with Crippen molar-refractivity contribution >= 4 is 35.6 Å². The van der Waals surface area contributed by atoms with Crippen LogP contribution in [0.4, 0.5) is 5.69 Å². The fraction of sp³-hybridized carbons (Fsp3) is 0.458. The minimum Gasteiger partial charge on any atom is -0.375 e. The second-order valence-corrected chi connectivity index (χ2v) is 9.53. The van der Waals surface area contributed by atoms with E-state index in [1.165, 1.54) is 42.6 Å². The van der Waals surface area contributed by atoms with Crippen molar-refractivity contribution in [1.29, 1.82) is 0 Å². The van der Waals surface area contributed by atoms with E-state index in [9.17, 15) is 4.79 Å². The van der Waals surface area contributed by atoms with Crippen LogP contribution in [-0.4, -0.2) is 17.1 Å². The number of Topliss-reactive ketones (excluding diaryl/α,β-unsaturated/α-hetero) is 1. The largest absolute Gasteiger partial charge is 0.375 e. The van der Waals surface area contributed by atoms with Crippen LogP contribution in [0.1, 0.15) is 74.7 Å². The SMILES string of the molecule is CC(C)Sc1ccc(C(=O)C(C)Nc2ccc(C3CCCCC3)cc2)cc1.Cl. The van der Waals surface area contributed by atoms with E-state index in [2.05, 4.69) is 43.4 Å². The first-order chi connectivity index (χ1) is 13.0. The van der Waals surface area contributed by atoms with Crippen molar-refractivity contribution < 1.29 is 4.79 Å². The molecule has 28 heavy (non-hydrogen) atoms. The molecule has 1 atom stereocenters. The molecule has 0 aliphatic heterocycles. The summed E-state index contributed by atoms with van der Waals surface area (Å²) in [4.78, 5) is 13.9. The summed E-state index contributed by atoms with van der Waals surface area (Å²) in [5.41, 5.74) is 3.22. The molecule has 1 N–H and O–H groups in total. The summed E-state index contributed by atoms with van der Waals surface area (Å²) in [5, 5.41) is 3.91. The Balaban J connectivity index is 0.00000280. The summed E-state index contributed by atoms with van der Waals surface area (Å²) in [5.74, 6) is 0.849. The molecule has 0 saturated heterocycles. The van der Waals surface area contributed by atoms with Gasteiger partial charge in [0.25, 0.3) is 0 Å². The Morgan fingerprint density at radius 3 is 2.11 bits per heavy atom. The molecule has 0 heterocycles. The Labute approximate surface area is 180 Å². The van der Waals surface area contributed by atoms with Gasteiger partial charge in [-0.05, 0) is 55.5 Å². The fourth-order valence-electron chi connectivity index (χ4n) is 3.82. The molecule has 2 aromatic rings. The summed E-state index contributed by atoms with van der Waals surface area (Å²) in [7, 11) is 0. The maximum atomic E-state index is 12.7. The first kappa shape index (κ1) is 22.8. The van der Waals surface area contributed by atoms with Gasteiger partial charge in [-0.25, -0.2) is 0 Å². The second kappa shape index (κ2) is 10.9. The zero-order valence-corrected chi connectivity index (χ0v) is 18.7. The van der Waals surface area contributed by atoms with Gasteiger partial charge in [0.1, 0.15) is 0 Å².